The summed E-state index contributed by atoms with van der Waals surface area (Å²) in [5.74, 6) is 2.59. The Morgan fingerprint density at radius 3 is 2.60 bits per heavy atom. The van der Waals surface area contributed by atoms with Crippen molar-refractivity contribution >= 4 is 18.2 Å². The number of benzene rings is 3. The molecular weight excluding hydrogens is 612 g/mol. The molecule has 2 amide bonds. The number of nitrogens with zero attached hydrogens (tertiary/aromatic N) is 1. The van der Waals surface area contributed by atoms with E-state index in [0.717, 1.165) is 5.56 Å². The molecule has 0 fully saturated rings. The zero-order valence-electron chi connectivity index (χ0n) is 26.3. The summed E-state index contributed by atoms with van der Waals surface area (Å²) in [6.45, 7) is 4.11. The minimum absolute atomic E-state index is 0.163. The molecular formula is C33H36N4O10. The van der Waals surface area contributed by atoms with E-state index in [-0.39, 0.29) is 19.0 Å². The summed E-state index contributed by atoms with van der Waals surface area (Å²) in [5.41, 5.74) is 5.48. The van der Waals surface area contributed by atoms with Gasteiger partial charge >= 0.3 is 12.0 Å². The lowest BCUT2D eigenvalue weighted by atomic mass is 9.95. The smallest absolute Gasteiger partial charge is 0.337 e. The van der Waals surface area contributed by atoms with Gasteiger partial charge in [0.2, 0.25) is 6.79 Å². The molecule has 0 bridgehead atoms. The van der Waals surface area contributed by atoms with Crippen molar-refractivity contribution in [3.8, 4) is 34.5 Å². The summed E-state index contributed by atoms with van der Waals surface area (Å²) in [5, 5.41) is 19.9. The maximum atomic E-state index is 12.5. The van der Waals surface area contributed by atoms with Gasteiger partial charge in [0.25, 0.3) is 0 Å². The molecule has 0 aromatic heterocycles. The fourth-order valence-electron chi connectivity index (χ4n) is 4.90. The number of nitrogens with one attached hydrogen (secondary N) is 3. The van der Waals surface area contributed by atoms with Crippen LogP contribution < -0.4 is 44.5 Å². The van der Waals surface area contributed by atoms with Crippen LogP contribution in [0.2, 0.25) is 0 Å². The van der Waals surface area contributed by atoms with E-state index in [9.17, 15) is 14.7 Å². The Balaban J connectivity index is 1.17. The van der Waals surface area contributed by atoms with E-state index in [1.165, 1.54) is 13.3 Å². The van der Waals surface area contributed by atoms with E-state index >= 15 is 0 Å². The largest absolute Gasteiger partial charge is 0.493 e. The van der Waals surface area contributed by atoms with Crippen molar-refractivity contribution in [2.75, 3.05) is 34.2 Å². The zero-order valence-corrected chi connectivity index (χ0v) is 26.3. The second-order valence-electron chi connectivity index (χ2n) is 10.3. The number of hydrogen-bond donors (Lipinski definition) is 4. The lowest BCUT2D eigenvalue weighted by molar-refractivity contribution is -0.136. The second kappa shape index (κ2) is 15.1. The Hall–Kier alpha value is -5.63. The van der Waals surface area contributed by atoms with Crippen molar-refractivity contribution in [3.63, 3.8) is 0 Å². The number of fused-ring (bicyclic) bond motifs is 1. The highest BCUT2D eigenvalue weighted by molar-refractivity contribution is 5.95. The first kappa shape index (κ1) is 32.8. The van der Waals surface area contributed by atoms with Crippen molar-refractivity contribution < 1.29 is 47.9 Å². The van der Waals surface area contributed by atoms with Crippen LogP contribution in [-0.2, 0) is 16.1 Å². The Morgan fingerprint density at radius 2 is 1.81 bits per heavy atom. The van der Waals surface area contributed by atoms with Crippen LogP contribution in [0.3, 0.4) is 0 Å². The van der Waals surface area contributed by atoms with Gasteiger partial charge in [-0.25, -0.2) is 9.59 Å². The van der Waals surface area contributed by atoms with Crippen molar-refractivity contribution in [3.05, 3.63) is 82.6 Å². The molecule has 2 atom stereocenters. The van der Waals surface area contributed by atoms with Gasteiger partial charge in [-0.3, -0.25) is 5.43 Å². The highest BCUT2D eigenvalue weighted by atomic mass is 16.7. The van der Waals surface area contributed by atoms with Crippen molar-refractivity contribution in [1.82, 2.24) is 16.1 Å². The van der Waals surface area contributed by atoms with Gasteiger partial charge < -0.3 is 48.9 Å². The number of amides is 2. The fourth-order valence-corrected chi connectivity index (χ4v) is 4.90. The van der Waals surface area contributed by atoms with Crippen LogP contribution in [-0.4, -0.2) is 63.8 Å². The number of hydrogen-bond acceptors (Lipinski definition) is 12. The Kier molecular flexibility index (Phi) is 10.5. The highest BCUT2D eigenvalue weighted by Gasteiger charge is 2.32. The molecule has 0 unspecified atom stereocenters. The highest BCUT2D eigenvalue weighted by Crippen LogP contribution is 2.36. The van der Waals surface area contributed by atoms with E-state index < -0.39 is 24.3 Å². The van der Waals surface area contributed by atoms with Crippen molar-refractivity contribution in [2.45, 2.75) is 32.7 Å². The minimum atomic E-state index is -1.16. The number of rotatable bonds is 14. The molecule has 5 rings (SSSR count). The van der Waals surface area contributed by atoms with E-state index in [1.54, 1.807) is 50.4 Å². The molecule has 14 nitrogen and oxygen atoms in total. The van der Waals surface area contributed by atoms with Crippen LogP contribution in [0.5, 0.6) is 34.5 Å². The van der Waals surface area contributed by atoms with Crippen LogP contribution in [0.15, 0.2) is 71.0 Å². The number of carbonyl (C=O) groups is 2. The molecule has 2 heterocycles. The molecule has 0 spiro atoms. The van der Waals surface area contributed by atoms with Crippen LogP contribution >= 0.6 is 0 Å². The van der Waals surface area contributed by atoms with Gasteiger partial charge in [-0.1, -0.05) is 12.1 Å². The van der Waals surface area contributed by atoms with Gasteiger partial charge in [0, 0.05) is 5.70 Å². The van der Waals surface area contributed by atoms with Crippen LogP contribution in [0.4, 0.5) is 4.79 Å². The lowest BCUT2D eigenvalue weighted by Gasteiger charge is -2.28. The van der Waals surface area contributed by atoms with Gasteiger partial charge in [0.1, 0.15) is 13.2 Å². The standard InChI is InChI=1S/C33H36N4O10/c1-5-43-28-14-22(31-30(32(39)42-4)19(2)35-33(40)36-31)8-11-24(28)45-17-29(38)37-34-15-20-6-9-23(26(12-20)41-3)44-16-21-7-10-25-27(13-21)47-18-46-25/h6-15,29,31,37-38H,5,16-18H2,1-4H3,(H2,35,36,40)/b34-15-/t29-,31-/m0/s1. The first-order valence-corrected chi connectivity index (χ1v) is 14.7. The monoisotopic (exact) mass is 648 g/mol. The maximum absolute atomic E-state index is 12.5. The van der Waals surface area contributed by atoms with Crippen molar-refractivity contribution in [2.24, 2.45) is 5.10 Å². The lowest BCUT2D eigenvalue weighted by Crippen LogP contribution is -2.45. The number of urea groups is 1. The predicted molar refractivity (Wildman–Crippen MR) is 169 cm³/mol. The van der Waals surface area contributed by atoms with Gasteiger partial charge in [0.15, 0.2) is 40.7 Å². The number of ether oxygens (including phenoxy) is 7. The maximum Gasteiger partial charge on any atom is 0.337 e. The summed E-state index contributed by atoms with van der Waals surface area (Å²) < 4.78 is 38.7. The van der Waals surface area contributed by atoms with Crippen LogP contribution in [0, 0.1) is 0 Å². The first-order valence-electron chi connectivity index (χ1n) is 14.7. The first-order chi connectivity index (χ1) is 22.8. The van der Waals surface area contributed by atoms with E-state index in [1.807, 2.05) is 25.1 Å². The minimum Gasteiger partial charge on any atom is -0.493 e. The summed E-state index contributed by atoms with van der Waals surface area (Å²) in [7, 11) is 2.82. The third-order valence-corrected chi connectivity index (χ3v) is 7.13. The third kappa shape index (κ3) is 7.97. The molecule has 4 N–H and O–H groups in total. The summed E-state index contributed by atoms with van der Waals surface area (Å²) in [4.78, 5) is 24.6. The molecule has 248 valence electrons. The molecule has 0 saturated heterocycles. The summed E-state index contributed by atoms with van der Waals surface area (Å²) in [6.07, 6.45) is 0.363. The number of carbonyl (C=O) groups excluding carboxylic acids is 2. The molecule has 47 heavy (non-hydrogen) atoms. The molecule has 14 heteroatoms. The molecule has 0 radical (unpaired) electrons. The number of aliphatic hydroxyl groups is 1. The molecule has 0 saturated carbocycles. The number of allylic oxidation sites excluding steroid dienone is 1. The van der Waals surface area contributed by atoms with Crippen molar-refractivity contribution in [1.29, 1.82) is 0 Å². The molecule has 3 aromatic carbocycles. The zero-order chi connectivity index (χ0) is 33.3. The molecule has 2 aliphatic heterocycles. The summed E-state index contributed by atoms with van der Waals surface area (Å²) in [6, 6.07) is 14.7. The second-order valence-corrected chi connectivity index (χ2v) is 10.3. The fraction of sp³-hybridized carbons (Fsp3) is 0.303. The number of aliphatic hydroxyl groups excluding tert-OH is 1. The average Bonchev–Trinajstić information content (AvgIpc) is 3.54. The molecule has 3 aromatic rings. The normalized spacial score (nSPS) is 15.9. The Bertz CT molecular complexity index is 1680. The van der Waals surface area contributed by atoms with Crippen LogP contribution in [0.25, 0.3) is 0 Å². The Morgan fingerprint density at radius 1 is 1.02 bits per heavy atom. The topological polar surface area (TPSA) is 167 Å². The van der Waals surface area contributed by atoms with Gasteiger partial charge in [0.05, 0.1) is 38.7 Å². The third-order valence-electron chi connectivity index (χ3n) is 7.13. The van der Waals surface area contributed by atoms with Crippen LogP contribution in [0.1, 0.15) is 36.6 Å². The number of methoxy groups -OCH3 is 2. The average molecular weight is 649 g/mol. The molecule has 0 aliphatic carbocycles. The van der Waals surface area contributed by atoms with Gasteiger partial charge in [-0.05, 0) is 73.0 Å². The van der Waals surface area contributed by atoms with E-state index in [2.05, 4.69) is 21.2 Å². The van der Waals surface area contributed by atoms with Gasteiger partial charge in [-0.2, -0.15) is 5.10 Å². The molecule has 2 aliphatic rings. The predicted octanol–water partition coefficient (Wildman–Crippen LogP) is 3.52. The van der Waals surface area contributed by atoms with E-state index in [0.29, 0.717) is 64.5 Å². The van der Waals surface area contributed by atoms with Gasteiger partial charge in [-0.15, -0.1) is 0 Å². The summed E-state index contributed by atoms with van der Waals surface area (Å²) >= 11 is 0. The quantitative estimate of drug-likeness (QED) is 0.0874. The SMILES string of the molecule is CCOc1cc([C@@H]2NC(=O)NC(C)=C2C(=O)OC)ccc1OC[C@H](O)N/N=C\c1ccc(OCc2ccc3c(c2)OCO3)c(OC)c1. The Labute approximate surface area is 271 Å². The number of hydrazone groups is 1. The number of esters is 1. The van der Waals surface area contributed by atoms with E-state index in [4.69, 9.17) is 33.2 Å².